The van der Waals surface area contributed by atoms with Crippen LogP contribution >= 0.6 is 0 Å². The van der Waals surface area contributed by atoms with E-state index in [4.69, 9.17) is 9.47 Å². The Balaban J connectivity index is 1.68. The molecule has 5 rings (SSSR count). The van der Waals surface area contributed by atoms with Crippen molar-refractivity contribution in [2.75, 3.05) is 25.1 Å². The summed E-state index contributed by atoms with van der Waals surface area (Å²) in [7, 11) is 1.87. The Labute approximate surface area is 171 Å². The number of hydrogen-bond acceptors (Lipinski definition) is 5. The standard InChI is InChI=1S/C21H20F2N4O3/c1-12(28)25-18-7-13-14(9-27(2)17(13)8-24-18)16-4-3-15-19(26-16)20(5-6-29-10-20)30-11-21(15,22)23/h3-4,7-9H,5-6,10-11H2,1-2H3,(H,24,25,28). The number of hydrogen-bond donors (Lipinski definition) is 1. The summed E-state index contributed by atoms with van der Waals surface area (Å²) in [4.78, 5) is 20.3. The number of aryl methyl sites for hydroxylation is 1. The molecular weight excluding hydrogens is 394 g/mol. The molecule has 1 atom stereocenters. The van der Waals surface area contributed by atoms with E-state index < -0.39 is 18.1 Å². The van der Waals surface area contributed by atoms with Gasteiger partial charge in [-0.1, -0.05) is 0 Å². The van der Waals surface area contributed by atoms with Crippen LogP contribution in [-0.4, -0.2) is 40.3 Å². The number of pyridine rings is 2. The predicted octanol–water partition coefficient (Wildman–Crippen LogP) is 3.33. The third kappa shape index (κ3) is 2.88. The van der Waals surface area contributed by atoms with Gasteiger partial charge in [-0.05, 0) is 18.2 Å². The molecule has 3 aromatic rings. The normalized spacial score (nSPS) is 22.4. The number of anilines is 1. The monoisotopic (exact) mass is 414 g/mol. The molecule has 0 aromatic carbocycles. The lowest BCUT2D eigenvalue weighted by Crippen LogP contribution is -2.43. The molecule has 0 radical (unpaired) electrons. The number of nitrogens with one attached hydrogen (secondary N) is 1. The summed E-state index contributed by atoms with van der Waals surface area (Å²) in [5.41, 5.74) is 1.32. The van der Waals surface area contributed by atoms with E-state index in [0.29, 0.717) is 24.5 Å². The third-order valence-corrected chi connectivity index (χ3v) is 5.69. The zero-order valence-corrected chi connectivity index (χ0v) is 16.5. The zero-order chi connectivity index (χ0) is 21.1. The molecule has 1 unspecified atom stereocenters. The van der Waals surface area contributed by atoms with Gasteiger partial charge in [0.25, 0.3) is 5.92 Å². The van der Waals surface area contributed by atoms with Gasteiger partial charge in [-0.15, -0.1) is 0 Å². The molecule has 1 N–H and O–H groups in total. The summed E-state index contributed by atoms with van der Waals surface area (Å²) in [6, 6.07) is 4.80. The van der Waals surface area contributed by atoms with E-state index in [0.717, 1.165) is 16.5 Å². The van der Waals surface area contributed by atoms with Crippen molar-refractivity contribution in [2.24, 2.45) is 7.05 Å². The SMILES string of the molecule is CC(=O)Nc1cc2c(-c3ccc4c(n3)C3(CCOC3)OCC4(F)F)cn(C)c2cn1. The average Bonchev–Trinajstić information content (AvgIpc) is 3.30. The van der Waals surface area contributed by atoms with Crippen LogP contribution in [0.2, 0.25) is 0 Å². The quantitative estimate of drug-likeness (QED) is 0.696. The molecule has 2 aliphatic heterocycles. The van der Waals surface area contributed by atoms with Gasteiger partial charge in [-0.25, -0.2) is 9.97 Å². The number of carbonyl (C=O) groups excluding carboxylic acids is 1. The zero-order valence-electron chi connectivity index (χ0n) is 16.5. The molecule has 9 heteroatoms. The number of amides is 1. The van der Waals surface area contributed by atoms with Crippen LogP contribution < -0.4 is 5.32 Å². The van der Waals surface area contributed by atoms with E-state index in [9.17, 15) is 13.6 Å². The van der Waals surface area contributed by atoms with E-state index in [1.54, 1.807) is 18.3 Å². The molecule has 0 bridgehead atoms. The van der Waals surface area contributed by atoms with Crippen molar-refractivity contribution in [1.82, 2.24) is 14.5 Å². The van der Waals surface area contributed by atoms with E-state index >= 15 is 0 Å². The summed E-state index contributed by atoms with van der Waals surface area (Å²) >= 11 is 0. The number of alkyl halides is 2. The highest BCUT2D eigenvalue weighted by molar-refractivity contribution is 5.98. The first-order valence-electron chi connectivity index (χ1n) is 9.64. The van der Waals surface area contributed by atoms with Crippen LogP contribution in [0.5, 0.6) is 0 Å². The van der Waals surface area contributed by atoms with Gasteiger partial charge in [-0.3, -0.25) is 4.79 Å². The van der Waals surface area contributed by atoms with Gasteiger partial charge < -0.3 is 19.4 Å². The molecule has 0 saturated carbocycles. The van der Waals surface area contributed by atoms with Crippen LogP contribution in [0.15, 0.2) is 30.6 Å². The van der Waals surface area contributed by atoms with Crippen LogP contribution in [0, 0.1) is 0 Å². The molecule has 2 aliphatic rings. The van der Waals surface area contributed by atoms with Crippen molar-refractivity contribution in [3.05, 3.63) is 41.9 Å². The van der Waals surface area contributed by atoms with Crippen LogP contribution in [-0.2, 0) is 32.8 Å². The van der Waals surface area contributed by atoms with E-state index in [1.807, 2.05) is 17.8 Å². The summed E-state index contributed by atoms with van der Waals surface area (Å²) in [5, 5.41) is 3.48. The molecule has 1 amide bonds. The number of halogens is 2. The Kier molecular flexibility index (Phi) is 4.16. The molecule has 0 aliphatic carbocycles. The van der Waals surface area contributed by atoms with Gasteiger partial charge in [0.05, 0.1) is 29.7 Å². The summed E-state index contributed by atoms with van der Waals surface area (Å²) < 4.78 is 42.1. The first kappa shape index (κ1) is 19.1. The van der Waals surface area contributed by atoms with Crippen molar-refractivity contribution in [1.29, 1.82) is 0 Å². The number of aromatic nitrogens is 3. The van der Waals surface area contributed by atoms with E-state index in [-0.39, 0.29) is 23.8 Å². The highest BCUT2D eigenvalue weighted by Crippen LogP contribution is 2.47. The molecule has 1 saturated heterocycles. The topological polar surface area (TPSA) is 78.3 Å². The molecule has 1 spiro atoms. The lowest BCUT2D eigenvalue weighted by molar-refractivity contribution is -0.170. The van der Waals surface area contributed by atoms with E-state index in [2.05, 4.69) is 15.3 Å². The second-order valence-electron chi connectivity index (χ2n) is 7.80. The Morgan fingerprint density at radius 3 is 2.87 bits per heavy atom. The molecule has 5 heterocycles. The van der Waals surface area contributed by atoms with Gasteiger partial charge in [0.2, 0.25) is 5.91 Å². The van der Waals surface area contributed by atoms with Gasteiger partial charge in [0.1, 0.15) is 18.0 Å². The van der Waals surface area contributed by atoms with Gasteiger partial charge in [0, 0.05) is 49.7 Å². The number of rotatable bonds is 2. The first-order chi connectivity index (χ1) is 14.3. The number of carbonyl (C=O) groups is 1. The highest BCUT2D eigenvalue weighted by Gasteiger charge is 2.52. The Bertz CT molecular complexity index is 1170. The van der Waals surface area contributed by atoms with Crippen molar-refractivity contribution in [3.8, 4) is 11.3 Å². The third-order valence-electron chi connectivity index (χ3n) is 5.69. The maximum atomic E-state index is 14.5. The maximum absolute atomic E-state index is 14.5. The smallest absolute Gasteiger partial charge is 0.297 e. The maximum Gasteiger partial charge on any atom is 0.297 e. The summed E-state index contributed by atoms with van der Waals surface area (Å²) in [6.45, 7) is 1.38. The van der Waals surface area contributed by atoms with Crippen molar-refractivity contribution < 1.29 is 23.0 Å². The lowest BCUT2D eigenvalue weighted by atomic mass is 9.88. The molecule has 7 nitrogen and oxygen atoms in total. The number of ether oxygens (including phenoxy) is 2. The van der Waals surface area contributed by atoms with Gasteiger partial charge >= 0.3 is 0 Å². The minimum atomic E-state index is -3.10. The molecule has 1 fully saturated rings. The number of nitrogens with zero attached hydrogens (tertiary/aromatic N) is 3. The van der Waals surface area contributed by atoms with Crippen molar-refractivity contribution in [2.45, 2.75) is 24.9 Å². The van der Waals surface area contributed by atoms with Crippen LogP contribution in [0.3, 0.4) is 0 Å². The number of fused-ring (bicyclic) bond motifs is 3. The largest absolute Gasteiger partial charge is 0.378 e. The summed E-state index contributed by atoms with van der Waals surface area (Å²) in [5.74, 6) is -2.92. The Morgan fingerprint density at radius 2 is 2.13 bits per heavy atom. The van der Waals surface area contributed by atoms with Crippen molar-refractivity contribution >= 4 is 22.6 Å². The fourth-order valence-corrected chi connectivity index (χ4v) is 4.20. The second kappa shape index (κ2) is 6.55. The van der Waals surface area contributed by atoms with Gasteiger partial charge in [-0.2, -0.15) is 8.78 Å². The predicted molar refractivity (Wildman–Crippen MR) is 105 cm³/mol. The molecular formula is C21H20F2N4O3. The lowest BCUT2D eigenvalue weighted by Gasteiger charge is -2.37. The van der Waals surface area contributed by atoms with Crippen LogP contribution in [0.1, 0.15) is 24.6 Å². The molecule has 3 aromatic heterocycles. The Hall–Kier alpha value is -2.91. The van der Waals surface area contributed by atoms with Gasteiger partial charge in [0.15, 0.2) is 0 Å². The van der Waals surface area contributed by atoms with Crippen LogP contribution in [0.4, 0.5) is 14.6 Å². The summed E-state index contributed by atoms with van der Waals surface area (Å²) in [6.07, 6.45) is 4.02. The highest BCUT2D eigenvalue weighted by atomic mass is 19.3. The molecule has 30 heavy (non-hydrogen) atoms. The second-order valence-corrected chi connectivity index (χ2v) is 7.80. The first-order valence-corrected chi connectivity index (χ1v) is 9.64. The minimum Gasteiger partial charge on any atom is -0.378 e. The fourth-order valence-electron chi connectivity index (χ4n) is 4.20. The van der Waals surface area contributed by atoms with E-state index in [1.165, 1.54) is 13.0 Å². The van der Waals surface area contributed by atoms with Crippen LogP contribution in [0.25, 0.3) is 22.2 Å². The van der Waals surface area contributed by atoms with Crippen molar-refractivity contribution in [3.63, 3.8) is 0 Å². The Morgan fingerprint density at radius 1 is 1.30 bits per heavy atom. The molecule has 156 valence electrons. The fraction of sp³-hybridized carbons (Fsp3) is 0.381. The minimum absolute atomic E-state index is 0.108. The average molecular weight is 414 g/mol.